The number of pyridine rings is 4. The van der Waals surface area contributed by atoms with Crippen molar-refractivity contribution in [1.29, 1.82) is 0 Å². The lowest BCUT2D eigenvalue weighted by Crippen LogP contribution is -2.29. The molecule has 0 radical (unpaired) electrons. The summed E-state index contributed by atoms with van der Waals surface area (Å²) < 4.78 is 30.5. The van der Waals surface area contributed by atoms with E-state index in [1.54, 1.807) is 52.3 Å². The van der Waals surface area contributed by atoms with E-state index in [4.69, 9.17) is 15.2 Å². The first kappa shape index (κ1) is 37.9. The Labute approximate surface area is 295 Å². The first-order chi connectivity index (χ1) is 24.0. The lowest BCUT2D eigenvalue weighted by Gasteiger charge is -2.12. The maximum atomic E-state index is 13.7. The fourth-order valence-electron chi connectivity index (χ4n) is 5.01. The first-order valence-corrected chi connectivity index (χ1v) is 16.7. The topological polar surface area (TPSA) is 151 Å². The molecular formula is C36H36BBrF2N4O6. The van der Waals surface area contributed by atoms with Crippen molar-refractivity contribution in [2.75, 3.05) is 0 Å². The minimum atomic E-state index is -1.70. The Morgan fingerprint density at radius 1 is 0.720 bits per heavy atom. The lowest BCUT2D eigenvalue weighted by atomic mass is 9.80. The highest BCUT2D eigenvalue weighted by Crippen LogP contribution is 2.29. The highest BCUT2D eigenvalue weighted by molar-refractivity contribution is 9.10. The van der Waals surface area contributed by atoms with Crippen LogP contribution < -0.4 is 16.6 Å². The molecule has 4 aromatic heterocycles. The molecule has 0 aliphatic carbocycles. The molecule has 0 spiro atoms. The minimum absolute atomic E-state index is 0.0142. The second-order valence-corrected chi connectivity index (χ2v) is 12.2. The van der Waals surface area contributed by atoms with Crippen LogP contribution in [0.1, 0.15) is 39.5 Å². The SMILES string of the molecule is CCCCn1cc(-c2ccc(O)c(F)c2)c2ccncc2c1=O.CCCCn1cc(Br)c2ccncc2c1=O.OB(O)c1ccc(O)c(F)c1. The fourth-order valence-corrected chi connectivity index (χ4v) is 5.60. The smallest absolute Gasteiger partial charge is 0.488 e. The van der Waals surface area contributed by atoms with Crippen LogP contribution in [0.4, 0.5) is 8.78 Å². The molecule has 4 N–H and O–H groups in total. The van der Waals surface area contributed by atoms with E-state index < -0.39 is 24.5 Å². The summed E-state index contributed by atoms with van der Waals surface area (Å²) in [6, 6.07) is 11.0. The standard InChI is InChI=1S/C18H17FN2O2.C12H13BrN2O.C6H6BFO3/c1-2-3-8-21-11-15(12-4-5-17(22)16(19)9-12)13-6-7-20-10-14(13)18(21)23;1-2-3-6-15-8-11(13)9-4-5-14-7-10(9)12(15)16;8-5-3-4(7(10)11)1-2-6(5)9/h4-7,9-11,22H,2-3,8H2,1H3;4-5,7-8H,2-3,6H2,1H3;1-3,9-11H. The Kier molecular flexibility index (Phi) is 13.4. The molecule has 0 saturated heterocycles. The number of hydrogen-bond acceptors (Lipinski definition) is 8. The Balaban J connectivity index is 0.000000181. The fraction of sp³-hybridized carbons (Fsp3) is 0.222. The average molecular weight is 749 g/mol. The van der Waals surface area contributed by atoms with Crippen molar-refractivity contribution in [1.82, 2.24) is 19.1 Å². The van der Waals surface area contributed by atoms with E-state index in [2.05, 4.69) is 39.7 Å². The van der Waals surface area contributed by atoms with Gasteiger partial charge in [-0.25, -0.2) is 8.78 Å². The number of rotatable bonds is 8. The molecule has 6 aromatic rings. The normalized spacial score (nSPS) is 10.7. The molecule has 14 heteroatoms. The number of unbranched alkanes of at least 4 members (excludes halogenated alkanes) is 2. The lowest BCUT2D eigenvalue weighted by molar-refractivity contribution is 0.422. The summed E-state index contributed by atoms with van der Waals surface area (Å²) in [5.74, 6) is -2.44. The van der Waals surface area contributed by atoms with E-state index in [0.29, 0.717) is 22.9 Å². The van der Waals surface area contributed by atoms with Crippen LogP contribution in [0.5, 0.6) is 11.5 Å². The summed E-state index contributed by atoms with van der Waals surface area (Å²) in [6.07, 6.45) is 14.0. The molecule has 0 amide bonds. The van der Waals surface area contributed by atoms with Crippen LogP contribution in [-0.4, -0.2) is 46.5 Å². The highest BCUT2D eigenvalue weighted by atomic mass is 79.9. The number of halogens is 3. The van der Waals surface area contributed by atoms with Gasteiger partial charge in [-0.2, -0.15) is 0 Å². The van der Waals surface area contributed by atoms with Crippen molar-refractivity contribution in [2.45, 2.75) is 52.6 Å². The molecule has 0 atom stereocenters. The number of phenolic OH excluding ortho intramolecular Hbond substituents is 2. The number of hydrogen-bond donors (Lipinski definition) is 4. The van der Waals surface area contributed by atoms with Crippen LogP contribution in [-0.2, 0) is 13.1 Å². The van der Waals surface area contributed by atoms with Gasteiger partial charge in [0.15, 0.2) is 23.1 Å². The quantitative estimate of drug-likeness (QED) is 0.141. The third-order valence-electron chi connectivity index (χ3n) is 7.76. The predicted molar refractivity (Wildman–Crippen MR) is 194 cm³/mol. The van der Waals surface area contributed by atoms with Gasteiger partial charge < -0.3 is 29.4 Å². The van der Waals surface area contributed by atoms with Crippen molar-refractivity contribution >= 4 is 50.1 Å². The molecule has 0 aliphatic rings. The van der Waals surface area contributed by atoms with Gasteiger partial charge in [0.2, 0.25) is 0 Å². The maximum Gasteiger partial charge on any atom is 0.488 e. The number of nitrogens with zero attached hydrogens (tertiary/aromatic N) is 4. The van der Waals surface area contributed by atoms with Gasteiger partial charge in [-0.15, -0.1) is 0 Å². The van der Waals surface area contributed by atoms with Gasteiger partial charge >= 0.3 is 7.12 Å². The van der Waals surface area contributed by atoms with E-state index in [1.165, 1.54) is 18.2 Å². The molecule has 0 unspecified atom stereocenters. The first-order valence-electron chi connectivity index (χ1n) is 15.9. The van der Waals surface area contributed by atoms with Crippen molar-refractivity contribution in [3.8, 4) is 22.6 Å². The number of aromatic hydroxyl groups is 2. The molecule has 10 nitrogen and oxygen atoms in total. The summed E-state index contributed by atoms with van der Waals surface area (Å²) in [5, 5.41) is 38.0. The zero-order valence-electron chi connectivity index (χ0n) is 27.4. The molecule has 260 valence electrons. The second-order valence-electron chi connectivity index (χ2n) is 11.3. The number of benzene rings is 2. The largest absolute Gasteiger partial charge is 0.505 e. The average Bonchev–Trinajstić information content (AvgIpc) is 3.12. The summed E-state index contributed by atoms with van der Waals surface area (Å²) in [5.41, 5.74) is 1.32. The Bertz CT molecular complexity index is 2210. The highest BCUT2D eigenvalue weighted by Gasteiger charge is 2.14. The van der Waals surface area contributed by atoms with Crippen LogP contribution >= 0.6 is 15.9 Å². The van der Waals surface area contributed by atoms with Crippen LogP contribution in [0.25, 0.3) is 32.7 Å². The molecule has 2 aromatic carbocycles. The molecule has 0 aliphatic heterocycles. The molecular weight excluding hydrogens is 713 g/mol. The third kappa shape index (κ3) is 9.20. The maximum absolute atomic E-state index is 13.7. The molecule has 0 fully saturated rings. The van der Waals surface area contributed by atoms with E-state index in [-0.39, 0.29) is 22.3 Å². The Hall–Kier alpha value is -4.92. The van der Waals surface area contributed by atoms with Gasteiger partial charge in [0, 0.05) is 65.7 Å². The monoisotopic (exact) mass is 748 g/mol. The van der Waals surface area contributed by atoms with Crippen molar-refractivity contribution in [3.63, 3.8) is 0 Å². The Morgan fingerprint density at radius 3 is 1.78 bits per heavy atom. The summed E-state index contributed by atoms with van der Waals surface area (Å²) in [4.78, 5) is 32.7. The van der Waals surface area contributed by atoms with Gasteiger partial charge in [0.1, 0.15) is 0 Å². The van der Waals surface area contributed by atoms with Gasteiger partial charge in [-0.3, -0.25) is 19.6 Å². The summed E-state index contributed by atoms with van der Waals surface area (Å²) >= 11 is 3.49. The van der Waals surface area contributed by atoms with Crippen LogP contribution in [0, 0.1) is 11.6 Å². The third-order valence-corrected chi connectivity index (χ3v) is 8.39. The minimum Gasteiger partial charge on any atom is -0.505 e. The number of aromatic nitrogens is 4. The molecule has 0 saturated carbocycles. The van der Waals surface area contributed by atoms with E-state index in [0.717, 1.165) is 65.2 Å². The van der Waals surface area contributed by atoms with Crippen molar-refractivity contribution < 1.29 is 29.0 Å². The van der Waals surface area contributed by atoms with Crippen molar-refractivity contribution in [3.05, 3.63) is 123 Å². The molecule has 6 rings (SSSR count). The van der Waals surface area contributed by atoms with Crippen LogP contribution in [0.2, 0.25) is 0 Å². The number of aryl methyl sites for hydroxylation is 2. The number of phenols is 2. The summed E-state index contributed by atoms with van der Waals surface area (Å²) in [7, 11) is -1.70. The van der Waals surface area contributed by atoms with Crippen molar-refractivity contribution in [2.24, 2.45) is 0 Å². The van der Waals surface area contributed by atoms with Gasteiger partial charge in [-0.05, 0) is 81.6 Å². The molecule has 0 bridgehead atoms. The zero-order valence-corrected chi connectivity index (χ0v) is 29.0. The molecule has 4 heterocycles. The van der Waals surface area contributed by atoms with Gasteiger partial charge in [0.05, 0.1) is 10.8 Å². The Morgan fingerprint density at radius 2 is 1.24 bits per heavy atom. The van der Waals surface area contributed by atoms with E-state index in [1.807, 2.05) is 12.3 Å². The molecule has 50 heavy (non-hydrogen) atoms. The zero-order chi connectivity index (χ0) is 36.4. The van der Waals surface area contributed by atoms with Gasteiger partial charge in [-0.1, -0.05) is 38.8 Å². The van der Waals surface area contributed by atoms with E-state index >= 15 is 0 Å². The predicted octanol–water partition coefficient (Wildman–Crippen LogP) is 5.88. The van der Waals surface area contributed by atoms with Crippen LogP contribution in [0.15, 0.2) is 99.8 Å². The number of fused-ring (bicyclic) bond motifs is 2. The van der Waals surface area contributed by atoms with Gasteiger partial charge in [0.25, 0.3) is 11.1 Å². The van der Waals surface area contributed by atoms with Crippen LogP contribution in [0.3, 0.4) is 0 Å². The second kappa shape index (κ2) is 17.7. The van der Waals surface area contributed by atoms with E-state index in [9.17, 15) is 23.5 Å². The summed E-state index contributed by atoms with van der Waals surface area (Å²) in [6.45, 7) is 5.54.